The van der Waals surface area contributed by atoms with Gasteiger partial charge in [0.2, 0.25) is 0 Å². The first-order valence-electron chi connectivity index (χ1n) is 11.8. The van der Waals surface area contributed by atoms with Gasteiger partial charge in [0.25, 0.3) is 0 Å². The summed E-state index contributed by atoms with van der Waals surface area (Å²) in [5.41, 5.74) is 8.28. The Hall–Kier alpha value is -2.45. The standard InChI is InChI=1S/C20H17.C13H10.2ClH.Hf/c1-13-7-9-17-16(11-13)12-19-18(17)10-8-14(2)20(19)15-5-3-4-6-15;1-3-7-12(8-4-1)11-13-9-5-2-6-10-13;;;/h3-5,7-12H,6H2,1-2H3;1-10H;2*1H;/q-1;;;;+2/p-2. The van der Waals surface area contributed by atoms with Crippen molar-refractivity contribution < 1.29 is 48.7 Å². The second kappa shape index (κ2) is 12.7. The van der Waals surface area contributed by atoms with Gasteiger partial charge in [-0.05, 0) is 20.3 Å². The van der Waals surface area contributed by atoms with Crippen molar-refractivity contribution in [1.29, 1.82) is 0 Å². The van der Waals surface area contributed by atoms with E-state index in [2.05, 4.69) is 129 Å². The van der Waals surface area contributed by atoms with Crippen LogP contribution in [0.3, 0.4) is 0 Å². The van der Waals surface area contributed by atoms with Crippen molar-refractivity contribution in [3.05, 3.63) is 143 Å². The predicted octanol–water partition coefficient (Wildman–Crippen LogP) is 2.48. The average Bonchev–Trinajstić information content (AvgIpc) is 3.53. The summed E-state index contributed by atoms with van der Waals surface area (Å²) in [6.07, 6.45) is 7.71. The van der Waals surface area contributed by atoms with E-state index in [9.17, 15) is 0 Å². The van der Waals surface area contributed by atoms with E-state index in [0.717, 1.165) is 30.3 Å². The van der Waals surface area contributed by atoms with Gasteiger partial charge in [-0.1, -0.05) is 64.8 Å². The number of benzene rings is 4. The molecule has 0 aromatic heterocycles. The molecule has 0 heterocycles. The van der Waals surface area contributed by atoms with Crippen LogP contribution in [0.15, 0.2) is 115 Å². The van der Waals surface area contributed by atoms with E-state index in [1.165, 1.54) is 58.2 Å². The molecule has 0 saturated heterocycles. The van der Waals surface area contributed by atoms with Gasteiger partial charge in [0, 0.05) is 0 Å². The van der Waals surface area contributed by atoms with Crippen LogP contribution in [-0.4, -0.2) is 3.26 Å². The molecular weight excluding hydrogens is 646 g/mol. The van der Waals surface area contributed by atoms with Crippen LogP contribution in [-0.2, 0) is 23.9 Å². The number of fused-ring (bicyclic) bond motifs is 3. The molecule has 0 nitrogen and oxygen atoms in total. The molecule has 1 aliphatic carbocycles. The maximum absolute atomic E-state index is 2.36. The van der Waals surface area contributed by atoms with Gasteiger partial charge in [0.05, 0.1) is 0 Å². The Bertz CT molecular complexity index is 1500. The molecule has 178 valence electrons. The molecule has 0 saturated carbocycles. The zero-order chi connectivity index (χ0) is 23.5. The van der Waals surface area contributed by atoms with Crippen LogP contribution in [0.2, 0.25) is 0 Å². The summed E-state index contributed by atoms with van der Waals surface area (Å²) in [7, 11) is 0. The van der Waals surface area contributed by atoms with E-state index in [1.54, 1.807) is 0 Å². The average molecular weight is 673 g/mol. The quantitative estimate of drug-likeness (QED) is 0.204. The molecule has 0 fully saturated rings. The van der Waals surface area contributed by atoms with Crippen LogP contribution < -0.4 is 24.8 Å². The molecule has 0 bridgehead atoms. The molecule has 5 aromatic rings. The van der Waals surface area contributed by atoms with Crippen molar-refractivity contribution in [2.45, 2.75) is 20.3 Å². The van der Waals surface area contributed by atoms with Crippen LogP contribution >= 0.6 is 0 Å². The first-order valence-corrected chi connectivity index (χ1v) is 13.6. The van der Waals surface area contributed by atoms with Crippen molar-refractivity contribution in [2.24, 2.45) is 0 Å². The van der Waals surface area contributed by atoms with E-state index in [4.69, 9.17) is 0 Å². The molecule has 5 aromatic carbocycles. The van der Waals surface area contributed by atoms with E-state index in [-0.39, 0.29) is 24.8 Å². The second-order valence-corrected chi connectivity index (χ2v) is 10.7. The van der Waals surface area contributed by atoms with E-state index < -0.39 is 0 Å². The van der Waals surface area contributed by atoms with Crippen molar-refractivity contribution >= 4 is 30.4 Å². The molecular formula is C33H27Cl2Hf-. The van der Waals surface area contributed by atoms with Crippen molar-refractivity contribution in [1.82, 2.24) is 0 Å². The molecule has 36 heavy (non-hydrogen) atoms. The van der Waals surface area contributed by atoms with Gasteiger partial charge in [0.15, 0.2) is 0 Å². The van der Waals surface area contributed by atoms with E-state index in [0.29, 0.717) is 0 Å². The molecule has 0 spiro atoms. The van der Waals surface area contributed by atoms with Gasteiger partial charge >= 0.3 is 98.9 Å². The van der Waals surface area contributed by atoms with Crippen LogP contribution in [0.25, 0.3) is 27.1 Å². The van der Waals surface area contributed by atoms with Crippen LogP contribution in [0.1, 0.15) is 34.2 Å². The molecule has 0 radical (unpaired) electrons. The summed E-state index contributed by atoms with van der Waals surface area (Å²) in [6.45, 7) is 4.38. The summed E-state index contributed by atoms with van der Waals surface area (Å²) in [6, 6.07) is 34.8. The van der Waals surface area contributed by atoms with Gasteiger partial charge in [0.1, 0.15) is 0 Å². The number of rotatable bonds is 3. The molecule has 0 atom stereocenters. The topological polar surface area (TPSA) is 0 Å². The summed E-state index contributed by atoms with van der Waals surface area (Å²) < 4.78 is 1.46. The molecule has 0 N–H and O–H groups in total. The Kier molecular flexibility index (Phi) is 9.91. The molecule has 3 heteroatoms. The van der Waals surface area contributed by atoms with Gasteiger partial charge in [-0.25, -0.2) is 0 Å². The van der Waals surface area contributed by atoms with Crippen LogP contribution in [0.5, 0.6) is 0 Å². The Morgan fingerprint density at radius 3 is 1.94 bits per heavy atom. The van der Waals surface area contributed by atoms with Crippen molar-refractivity contribution in [3.8, 4) is 0 Å². The zero-order valence-electron chi connectivity index (χ0n) is 20.4. The minimum atomic E-state index is 0. The third kappa shape index (κ3) is 5.92. The summed E-state index contributed by atoms with van der Waals surface area (Å²) >= 11 is 1.08. The summed E-state index contributed by atoms with van der Waals surface area (Å²) in [5, 5.41) is 5.52. The Morgan fingerprint density at radius 1 is 0.750 bits per heavy atom. The van der Waals surface area contributed by atoms with Gasteiger partial charge in [-0.15, -0.1) is 33.7 Å². The number of allylic oxidation sites excluding steroid dienone is 4. The van der Waals surface area contributed by atoms with Crippen molar-refractivity contribution in [3.63, 3.8) is 0 Å². The number of hydrogen-bond acceptors (Lipinski definition) is 0. The zero-order valence-corrected chi connectivity index (χ0v) is 25.5. The fourth-order valence-corrected chi connectivity index (χ4v) is 5.95. The number of halogens is 2. The third-order valence-corrected chi connectivity index (χ3v) is 8.54. The molecule has 1 aliphatic rings. The van der Waals surface area contributed by atoms with Gasteiger partial charge < -0.3 is 24.8 Å². The van der Waals surface area contributed by atoms with E-state index >= 15 is 0 Å². The van der Waals surface area contributed by atoms with Crippen LogP contribution in [0.4, 0.5) is 0 Å². The fourth-order valence-electron chi connectivity index (χ4n) is 4.75. The predicted molar refractivity (Wildman–Crippen MR) is 144 cm³/mol. The first kappa shape index (κ1) is 28.1. The second-order valence-electron chi connectivity index (χ2n) is 8.88. The van der Waals surface area contributed by atoms with E-state index in [1.807, 2.05) is 0 Å². The molecule has 0 amide bonds. The minimum absolute atomic E-state index is 0. The van der Waals surface area contributed by atoms with Gasteiger partial charge in [-0.2, -0.15) is 0 Å². The third-order valence-electron chi connectivity index (χ3n) is 6.47. The number of hydrogen-bond donors (Lipinski definition) is 0. The first-order chi connectivity index (χ1) is 16.6. The Morgan fingerprint density at radius 2 is 1.36 bits per heavy atom. The SMILES string of the molecule is Cc1ccc2c(c1)[cH-]c1c(C3=CC=CC3)c(C)ccc12.[Cl-].[Cl-].[Hf+2]=[C](c1ccccc1)c1ccccc1. The maximum atomic E-state index is 2.36. The summed E-state index contributed by atoms with van der Waals surface area (Å²) in [4.78, 5) is 0. The van der Waals surface area contributed by atoms with Crippen LogP contribution in [0, 0.1) is 13.8 Å². The van der Waals surface area contributed by atoms with Crippen molar-refractivity contribution in [2.75, 3.05) is 0 Å². The Labute approximate surface area is 241 Å². The molecule has 6 rings (SSSR count). The fraction of sp³-hybridized carbons (Fsp3) is 0.0909. The summed E-state index contributed by atoms with van der Waals surface area (Å²) in [5.74, 6) is 0. The monoisotopic (exact) mass is 673 g/mol. The number of aryl methyl sites for hydroxylation is 2. The molecule has 0 unspecified atom stereocenters. The normalized spacial score (nSPS) is 11.8. The Balaban J connectivity index is 0.000000201. The molecule has 0 aliphatic heterocycles. The van der Waals surface area contributed by atoms with Gasteiger partial charge in [-0.3, -0.25) is 0 Å².